The van der Waals surface area contributed by atoms with Gasteiger partial charge in [-0.2, -0.15) is 0 Å². The Balaban J connectivity index is 2.29. The Bertz CT molecular complexity index is 560. The Labute approximate surface area is 112 Å². The van der Waals surface area contributed by atoms with Crippen LogP contribution >= 0.6 is 0 Å². The highest BCUT2D eigenvalue weighted by atomic mass is 16.2. The Kier molecular flexibility index (Phi) is 3.66. The summed E-state index contributed by atoms with van der Waals surface area (Å²) in [5, 5.41) is 0. The fourth-order valence-electron chi connectivity index (χ4n) is 1.98. The molecule has 0 bridgehead atoms. The van der Waals surface area contributed by atoms with Gasteiger partial charge < -0.3 is 4.57 Å². The van der Waals surface area contributed by atoms with Crippen molar-refractivity contribution in [1.29, 1.82) is 0 Å². The molecular formula is C14H18N4O. The van der Waals surface area contributed by atoms with Crippen LogP contribution in [0.5, 0.6) is 0 Å². The quantitative estimate of drug-likeness (QED) is 0.496. The van der Waals surface area contributed by atoms with E-state index in [2.05, 4.69) is 10.4 Å². The van der Waals surface area contributed by atoms with Crippen LogP contribution < -0.4 is 11.3 Å². The Morgan fingerprint density at radius 1 is 1.37 bits per heavy atom. The number of benzene rings is 1. The molecule has 0 fully saturated rings. The second-order valence-electron chi connectivity index (χ2n) is 5.10. The highest BCUT2D eigenvalue weighted by molar-refractivity contribution is 5.81. The van der Waals surface area contributed by atoms with Gasteiger partial charge >= 0.3 is 0 Å². The summed E-state index contributed by atoms with van der Waals surface area (Å²) in [7, 11) is 0. The van der Waals surface area contributed by atoms with Gasteiger partial charge in [-0.15, -0.1) is 0 Å². The number of carbonyl (C=O) groups excluding carboxylic acids is 1. The van der Waals surface area contributed by atoms with E-state index in [0.717, 1.165) is 11.4 Å². The predicted octanol–water partition coefficient (Wildman–Crippen LogP) is 1.57. The summed E-state index contributed by atoms with van der Waals surface area (Å²) < 4.78 is 1.96. The monoisotopic (exact) mass is 258 g/mol. The van der Waals surface area contributed by atoms with Gasteiger partial charge in [0.1, 0.15) is 5.82 Å². The minimum atomic E-state index is -0.598. The third-order valence-electron chi connectivity index (χ3n) is 3.06. The summed E-state index contributed by atoms with van der Waals surface area (Å²) in [5.41, 5.74) is 2.63. The number of nitrogens with zero attached hydrogens (tertiary/aromatic N) is 2. The number of hydrogen-bond donors (Lipinski definition) is 2. The number of imidazole rings is 1. The maximum Gasteiger partial charge on any atom is 0.241 e. The maximum atomic E-state index is 11.7. The van der Waals surface area contributed by atoms with E-state index in [-0.39, 0.29) is 5.91 Å². The zero-order valence-corrected chi connectivity index (χ0v) is 11.1. The van der Waals surface area contributed by atoms with Crippen LogP contribution in [-0.4, -0.2) is 15.5 Å². The summed E-state index contributed by atoms with van der Waals surface area (Å²) >= 11 is 0. The van der Waals surface area contributed by atoms with E-state index in [1.807, 2.05) is 54.9 Å². The van der Waals surface area contributed by atoms with Crippen molar-refractivity contribution in [2.45, 2.75) is 20.4 Å². The number of aromatic nitrogens is 2. The molecule has 5 nitrogen and oxygen atoms in total. The molecule has 1 aromatic carbocycles. The van der Waals surface area contributed by atoms with Crippen molar-refractivity contribution >= 4 is 5.91 Å². The molecule has 3 N–H and O–H groups in total. The summed E-state index contributed by atoms with van der Waals surface area (Å²) in [6.07, 6.45) is 3.60. The van der Waals surface area contributed by atoms with Crippen molar-refractivity contribution in [3.05, 3.63) is 42.7 Å². The lowest BCUT2D eigenvalue weighted by Gasteiger charge is -2.23. The van der Waals surface area contributed by atoms with Gasteiger partial charge in [-0.1, -0.05) is 30.3 Å². The third-order valence-corrected chi connectivity index (χ3v) is 3.06. The zero-order chi connectivity index (χ0) is 13.9. The van der Waals surface area contributed by atoms with E-state index >= 15 is 0 Å². The molecule has 0 aliphatic carbocycles. The van der Waals surface area contributed by atoms with E-state index in [0.29, 0.717) is 6.54 Å². The highest BCUT2D eigenvalue weighted by Crippen LogP contribution is 2.23. The summed E-state index contributed by atoms with van der Waals surface area (Å²) in [5.74, 6) is 5.86. The minimum absolute atomic E-state index is 0.194. The molecule has 1 amide bonds. The highest BCUT2D eigenvalue weighted by Gasteiger charge is 2.28. The number of nitrogens with two attached hydrogens (primary N) is 1. The molecule has 0 aliphatic heterocycles. The van der Waals surface area contributed by atoms with Gasteiger partial charge in [-0.3, -0.25) is 10.2 Å². The molecule has 5 heteroatoms. The first-order valence-electron chi connectivity index (χ1n) is 6.12. The molecule has 2 rings (SSSR count). The molecular weight excluding hydrogens is 240 g/mol. The van der Waals surface area contributed by atoms with Gasteiger partial charge in [0.05, 0.1) is 5.41 Å². The third kappa shape index (κ3) is 2.82. The van der Waals surface area contributed by atoms with Gasteiger partial charge in [0.15, 0.2) is 0 Å². The molecule has 0 saturated carbocycles. The molecule has 19 heavy (non-hydrogen) atoms. The van der Waals surface area contributed by atoms with Crippen molar-refractivity contribution < 1.29 is 4.79 Å². The average Bonchev–Trinajstić information content (AvgIpc) is 2.86. The normalized spacial score (nSPS) is 11.3. The number of hydrogen-bond acceptors (Lipinski definition) is 3. The van der Waals surface area contributed by atoms with Crippen molar-refractivity contribution in [1.82, 2.24) is 15.0 Å². The molecule has 0 spiro atoms. The van der Waals surface area contributed by atoms with Gasteiger partial charge in [-0.25, -0.2) is 10.8 Å². The smallest absolute Gasteiger partial charge is 0.241 e. The van der Waals surface area contributed by atoms with Crippen LogP contribution in [0, 0.1) is 5.41 Å². The van der Waals surface area contributed by atoms with E-state index in [1.165, 1.54) is 0 Å². The molecule has 2 aromatic rings. The topological polar surface area (TPSA) is 72.9 Å². The first-order valence-corrected chi connectivity index (χ1v) is 6.12. The van der Waals surface area contributed by atoms with Gasteiger partial charge in [-0.05, 0) is 13.8 Å². The van der Waals surface area contributed by atoms with E-state index in [4.69, 9.17) is 5.84 Å². The summed E-state index contributed by atoms with van der Waals surface area (Å²) in [6, 6.07) is 9.88. The van der Waals surface area contributed by atoms with E-state index < -0.39 is 5.41 Å². The maximum absolute atomic E-state index is 11.7. The lowest BCUT2D eigenvalue weighted by Crippen LogP contribution is -2.43. The van der Waals surface area contributed by atoms with Gasteiger partial charge in [0.25, 0.3) is 0 Å². The lowest BCUT2D eigenvalue weighted by molar-refractivity contribution is -0.130. The molecule has 0 saturated heterocycles. The summed E-state index contributed by atoms with van der Waals surface area (Å²) in [6.45, 7) is 4.22. The number of carbonyl (C=O) groups is 1. The van der Waals surface area contributed by atoms with Crippen molar-refractivity contribution in [3.63, 3.8) is 0 Å². The number of hydrazine groups is 1. The second-order valence-corrected chi connectivity index (χ2v) is 5.10. The van der Waals surface area contributed by atoms with Crippen molar-refractivity contribution in [2.24, 2.45) is 11.3 Å². The average molecular weight is 258 g/mol. The second kappa shape index (κ2) is 5.24. The SMILES string of the molecule is CC(C)(Cn1ccnc1-c1ccccc1)C(=O)NN. The van der Waals surface area contributed by atoms with Gasteiger partial charge in [0, 0.05) is 24.5 Å². The molecule has 1 heterocycles. The molecule has 0 atom stereocenters. The number of rotatable bonds is 4. The Morgan fingerprint density at radius 3 is 2.68 bits per heavy atom. The van der Waals surface area contributed by atoms with Crippen LogP contribution in [0.15, 0.2) is 42.7 Å². The lowest BCUT2D eigenvalue weighted by atomic mass is 9.92. The van der Waals surface area contributed by atoms with Crippen LogP contribution in [0.2, 0.25) is 0 Å². The van der Waals surface area contributed by atoms with Crippen LogP contribution in [0.25, 0.3) is 11.4 Å². The first-order chi connectivity index (χ1) is 9.04. The number of nitrogens with one attached hydrogen (secondary N) is 1. The Hall–Kier alpha value is -2.14. The standard InChI is InChI=1S/C14H18N4O/c1-14(2,13(19)17-15)10-18-9-8-16-12(18)11-6-4-3-5-7-11/h3-9H,10,15H2,1-2H3,(H,17,19). The van der Waals surface area contributed by atoms with Crippen LogP contribution in [0.4, 0.5) is 0 Å². The first kappa shape index (κ1) is 13.3. The van der Waals surface area contributed by atoms with Crippen LogP contribution in [0.1, 0.15) is 13.8 Å². The fourth-order valence-corrected chi connectivity index (χ4v) is 1.98. The van der Waals surface area contributed by atoms with Crippen molar-refractivity contribution in [3.8, 4) is 11.4 Å². The Morgan fingerprint density at radius 2 is 2.05 bits per heavy atom. The van der Waals surface area contributed by atoms with E-state index in [9.17, 15) is 4.79 Å². The molecule has 100 valence electrons. The summed E-state index contributed by atoms with van der Waals surface area (Å²) in [4.78, 5) is 16.1. The van der Waals surface area contributed by atoms with Crippen molar-refractivity contribution in [2.75, 3.05) is 0 Å². The van der Waals surface area contributed by atoms with Crippen LogP contribution in [0.3, 0.4) is 0 Å². The minimum Gasteiger partial charge on any atom is -0.330 e. The van der Waals surface area contributed by atoms with E-state index in [1.54, 1.807) is 6.20 Å². The van der Waals surface area contributed by atoms with Gasteiger partial charge in [0.2, 0.25) is 5.91 Å². The zero-order valence-electron chi connectivity index (χ0n) is 11.1. The molecule has 1 aromatic heterocycles. The molecule has 0 radical (unpaired) electrons. The van der Waals surface area contributed by atoms with Crippen LogP contribution in [-0.2, 0) is 11.3 Å². The number of amides is 1. The largest absolute Gasteiger partial charge is 0.330 e. The fraction of sp³-hybridized carbons (Fsp3) is 0.286. The molecule has 0 aliphatic rings. The predicted molar refractivity (Wildman–Crippen MR) is 73.8 cm³/mol. The molecule has 0 unspecified atom stereocenters.